The van der Waals surface area contributed by atoms with Crippen LogP contribution in [0.5, 0.6) is 11.5 Å². The molecule has 0 aliphatic rings. The van der Waals surface area contributed by atoms with E-state index in [2.05, 4.69) is 10.6 Å². The van der Waals surface area contributed by atoms with E-state index in [0.717, 1.165) is 12.1 Å². The molecule has 11 heteroatoms. The summed E-state index contributed by atoms with van der Waals surface area (Å²) in [5.41, 5.74) is -0.784. The molecule has 0 heterocycles. The van der Waals surface area contributed by atoms with E-state index in [4.69, 9.17) is 14.2 Å². The summed E-state index contributed by atoms with van der Waals surface area (Å²) < 4.78 is 15.4. The summed E-state index contributed by atoms with van der Waals surface area (Å²) in [4.78, 5) is 47.9. The molecule has 0 saturated carbocycles. The van der Waals surface area contributed by atoms with E-state index in [9.17, 15) is 24.5 Å². The molecule has 3 amide bonds. The minimum atomic E-state index is -1.54. The van der Waals surface area contributed by atoms with Crippen LogP contribution >= 0.6 is 0 Å². The van der Waals surface area contributed by atoms with Gasteiger partial charge in [0.2, 0.25) is 6.10 Å². The average molecular weight is 431 g/mol. The topological polar surface area (TPSA) is 146 Å². The van der Waals surface area contributed by atoms with Crippen LogP contribution in [0.15, 0.2) is 42.5 Å². The zero-order chi connectivity index (χ0) is 23.0. The van der Waals surface area contributed by atoms with Gasteiger partial charge in [-0.3, -0.25) is 20.2 Å². The number of nitrogens with one attached hydrogen (secondary N) is 2. The first-order valence-electron chi connectivity index (χ1n) is 9.07. The zero-order valence-corrected chi connectivity index (χ0v) is 17.0. The van der Waals surface area contributed by atoms with E-state index in [-0.39, 0.29) is 23.6 Å². The second-order valence-corrected chi connectivity index (χ2v) is 6.03. The minimum Gasteiger partial charge on any atom is -0.493 e. The lowest BCUT2D eigenvalue weighted by Gasteiger charge is -2.18. The Morgan fingerprint density at radius 2 is 1.68 bits per heavy atom. The normalized spacial score (nSPS) is 11.1. The standard InChI is InChI=1S/C20H21N3O8/c1-4-21-20(26)22-18(24)17(12-8-6-5-7-9-12)31-19(25)13-10-15(29-2)16(30-3)11-14(13)23(27)28/h5-11,17H,4H2,1-3H3,(H2,21,22,24,26). The molecule has 0 radical (unpaired) electrons. The van der Waals surface area contributed by atoms with Gasteiger partial charge in [0.15, 0.2) is 11.5 Å². The molecule has 0 aliphatic heterocycles. The van der Waals surface area contributed by atoms with E-state index in [0.29, 0.717) is 0 Å². The maximum Gasteiger partial charge on any atom is 0.346 e. The van der Waals surface area contributed by atoms with Crippen LogP contribution in [-0.4, -0.2) is 43.6 Å². The van der Waals surface area contributed by atoms with Crippen LogP contribution in [0.1, 0.15) is 28.9 Å². The van der Waals surface area contributed by atoms with Gasteiger partial charge in [-0.25, -0.2) is 9.59 Å². The summed E-state index contributed by atoms with van der Waals surface area (Å²) in [5, 5.41) is 15.9. The molecule has 0 aliphatic carbocycles. The Morgan fingerprint density at radius 3 is 2.23 bits per heavy atom. The second kappa shape index (κ2) is 10.6. The lowest BCUT2D eigenvalue weighted by molar-refractivity contribution is -0.385. The van der Waals surface area contributed by atoms with Gasteiger partial charge in [0.25, 0.3) is 11.6 Å². The van der Waals surface area contributed by atoms with Gasteiger partial charge in [0.1, 0.15) is 5.56 Å². The van der Waals surface area contributed by atoms with Crippen molar-refractivity contribution in [2.45, 2.75) is 13.0 Å². The van der Waals surface area contributed by atoms with Gasteiger partial charge in [0.05, 0.1) is 25.2 Å². The molecular weight excluding hydrogens is 410 g/mol. The number of hydrogen-bond donors (Lipinski definition) is 2. The van der Waals surface area contributed by atoms with Crippen LogP contribution in [0.3, 0.4) is 0 Å². The summed E-state index contributed by atoms with van der Waals surface area (Å²) >= 11 is 0. The number of carbonyl (C=O) groups excluding carboxylic acids is 3. The molecule has 2 aromatic rings. The molecule has 2 N–H and O–H groups in total. The van der Waals surface area contributed by atoms with Crippen LogP contribution in [0, 0.1) is 10.1 Å². The Kier molecular flexibility index (Phi) is 7.89. The first-order valence-corrected chi connectivity index (χ1v) is 9.07. The molecule has 2 rings (SSSR count). The van der Waals surface area contributed by atoms with Crippen molar-refractivity contribution in [3.05, 3.63) is 63.7 Å². The molecule has 0 aromatic heterocycles. The van der Waals surface area contributed by atoms with Gasteiger partial charge in [-0.1, -0.05) is 30.3 Å². The number of nitro benzene ring substituents is 1. The molecule has 2 aromatic carbocycles. The monoisotopic (exact) mass is 431 g/mol. The Bertz CT molecular complexity index is 978. The summed E-state index contributed by atoms with van der Waals surface area (Å²) in [6.45, 7) is 1.93. The number of methoxy groups -OCH3 is 2. The summed E-state index contributed by atoms with van der Waals surface area (Å²) in [6, 6.07) is 9.24. The summed E-state index contributed by atoms with van der Waals surface area (Å²) in [7, 11) is 2.59. The predicted octanol–water partition coefficient (Wildman–Crippen LogP) is 2.36. The first-order chi connectivity index (χ1) is 14.8. The summed E-state index contributed by atoms with van der Waals surface area (Å²) in [5.74, 6) is -1.98. The Hall–Kier alpha value is -4.15. The number of imide groups is 1. The van der Waals surface area contributed by atoms with Gasteiger partial charge in [0, 0.05) is 18.2 Å². The largest absolute Gasteiger partial charge is 0.493 e. The van der Waals surface area contributed by atoms with Crippen molar-refractivity contribution in [2.24, 2.45) is 0 Å². The van der Waals surface area contributed by atoms with Gasteiger partial charge < -0.3 is 19.5 Å². The zero-order valence-electron chi connectivity index (χ0n) is 17.0. The third-order valence-corrected chi connectivity index (χ3v) is 4.06. The summed E-state index contributed by atoms with van der Waals surface area (Å²) in [6.07, 6.45) is -1.54. The molecule has 0 saturated heterocycles. The number of urea groups is 1. The Balaban J connectivity index is 2.43. The second-order valence-electron chi connectivity index (χ2n) is 6.03. The third kappa shape index (κ3) is 5.69. The van der Waals surface area contributed by atoms with E-state index in [1.807, 2.05) is 0 Å². The molecule has 1 unspecified atom stereocenters. The van der Waals surface area contributed by atoms with Crippen LogP contribution in [-0.2, 0) is 9.53 Å². The molecule has 1 atom stereocenters. The molecular formula is C20H21N3O8. The minimum absolute atomic E-state index is 0.0411. The smallest absolute Gasteiger partial charge is 0.346 e. The van der Waals surface area contributed by atoms with Gasteiger partial charge in [-0.2, -0.15) is 0 Å². The Labute approximate surface area is 177 Å². The number of rotatable bonds is 8. The highest BCUT2D eigenvalue weighted by Gasteiger charge is 2.31. The quantitative estimate of drug-likeness (QED) is 0.368. The molecule has 0 bridgehead atoms. The highest BCUT2D eigenvalue weighted by molar-refractivity contribution is 6.00. The van der Waals surface area contributed by atoms with E-state index >= 15 is 0 Å². The van der Waals surface area contributed by atoms with Gasteiger partial charge in [-0.15, -0.1) is 0 Å². The van der Waals surface area contributed by atoms with E-state index < -0.39 is 40.2 Å². The predicted molar refractivity (Wildman–Crippen MR) is 108 cm³/mol. The van der Waals surface area contributed by atoms with Crippen molar-refractivity contribution in [1.82, 2.24) is 10.6 Å². The fourth-order valence-corrected chi connectivity index (χ4v) is 2.64. The lowest BCUT2D eigenvalue weighted by Crippen LogP contribution is -2.42. The van der Waals surface area contributed by atoms with Gasteiger partial charge in [-0.05, 0) is 6.92 Å². The van der Waals surface area contributed by atoms with E-state index in [1.54, 1.807) is 25.1 Å². The van der Waals surface area contributed by atoms with Crippen LogP contribution < -0.4 is 20.1 Å². The number of ether oxygens (including phenoxy) is 3. The highest BCUT2D eigenvalue weighted by atomic mass is 16.6. The fraction of sp³-hybridized carbons (Fsp3) is 0.250. The van der Waals surface area contributed by atoms with Crippen molar-refractivity contribution < 1.29 is 33.5 Å². The number of hydrogen-bond acceptors (Lipinski definition) is 8. The lowest BCUT2D eigenvalue weighted by atomic mass is 10.1. The van der Waals surface area contributed by atoms with Crippen molar-refractivity contribution in [3.63, 3.8) is 0 Å². The van der Waals surface area contributed by atoms with Crippen molar-refractivity contribution >= 4 is 23.6 Å². The van der Waals surface area contributed by atoms with Crippen LogP contribution in [0.25, 0.3) is 0 Å². The number of benzene rings is 2. The number of nitrogens with zero attached hydrogens (tertiary/aromatic N) is 1. The van der Waals surface area contributed by atoms with Crippen molar-refractivity contribution in [1.29, 1.82) is 0 Å². The molecule has 11 nitrogen and oxygen atoms in total. The number of nitro groups is 1. The number of esters is 1. The van der Waals surface area contributed by atoms with Crippen LogP contribution in [0.4, 0.5) is 10.5 Å². The van der Waals surface area contributed by atoms with Crippen LogP contribution in [0.2, 0.25) is 0 Å². The molecule has 31 heavy (non-hydrogen) atoms. The third-order valence-electron chi connectivity index (χ3n) is 4.06. The maximum atomic E-state index is 12.8. The van der Waals surface area contributed by atoms with Crippen molar-refractivity contribution in [2.75, 3.05) is 20.8 Å². The average Bonchev–Trinajstić information content (AvgIpc) is 2.76. The highest BCUT2D eigenvalue weighted by Crippen LogP contribution is 2.35. The maximum absolute atomic E-state index is 12.8. The Morgan fingerprint density at radius 1 is 1.06 bits per heavy atom. The number of carbonyl (C=O) groups is 3. The molecule has 0 fully saturated rings. The van der Waals surface area contributed by atoms with Gasteiger partial charge >= 0.3 is 12.0 Å². The number of amides is 3. The van der Waals surface area contributed by atoms with E-state index in [1.165, 1.54) is 26.4 Å². The van der Waals surface area contributed by atoms with Crippen molar-refractivity contribution in [3.8, 4) is 11.5 Å². The molecule has 164 valence electrons. The first kappa shape index (κ1) is 23.1. The fourth-order valence-electron chi connectivity index (χ4n) is 2.64. The molecule has 0 spiro atoms. The SMILES string of the molecule is CCNC(=O)NC(=O)C(OC(=O)c1cc(OC)c(OC)cc1[N+](=O)[O-])c1ccccc1.